The van der Waals surface area contributed by atoms with E-state index >= 15 is 0 Å². The van der Waals surface area contributed by atoms with E-state index in [2.05, 4.69) is 16.4 Å². The van der Waals surface area contributed by atoms with E-state index in [0.717, 1.165) is 66.9 Å². The molecule has 8 nitrogen and oxygen atoms in total. The second-order valence-electron chi connectivity index (χ2n) is 11.2. The van der Waals surface area contributed by atoms with E-state index < -0.39 is 0 Å². The zero-order valence-electron chi connectivity index (χ0n) is 20.3. The molecule has 8 heteroatoms. The fraction of sp³-hybridized carbons (Fsp3) is 0.464. The van der Waals surface area contributed by atoms with Gasteiger partial charge in [-0.1, -0.05) is 12.1 Å². The van der Waals surface area contributed by atoms with Crippen LogP contribution in [0.15, 0.2) is 54.3 Å². The highest BCUT2D eigenvalue weighted by Gasteiger charge is 2.66. The molecule has 36 heavy (non-hydrogen) atoms. The summed E-state index contributed by atoms with van der Waals surface area (Å²) < 4.78 is 0. The summed E-state index contributed by atoms with van der Waals surface area (Å²) in [6.45, 7) is 2.00. The van der Waals surface area contributed by atoms with E-state index in [0.29, 0.717) is 48.2 Å². The van der Waals surface area contributed by atoms with Gasteiger partial charge >= 0.3 is 0 Å². The Kier molecular flexibility index (Phi) is 5.06. The predicted octanol–water partition coefficient (Wildman–Crippen LogP) is 1.94. The number of nitrogens with one attached hydrogen (secondary N) is 1. The van der Waals surface area contributed by atoms with Crippen LogP contribution in [-0.4, -0.2) is 38.8 Å². The number of aromatic nitrogens is 2. The van der Waals surface area contributed by atoms with Gasteiger partial charge in [-0.15, -0.1) is 0 Å². The molecule has 5 atom stereocenters. The molecular weight excluding hydrogens is 452 g/mol. The molecule has 4 fully saturated rings. The van der Waals surface area contributed by atoms with Crippen LogP contribution in [0.1, 0.15) is 60.9 Å². The minimum atomic E-state index is 0.260. The number of hydrogen-bond acceptors (Lipinski definition) is 7. The summed E-state index contributed by atoms with van der Waals surface area (Å²) in [4.78, 5) is 23.7. The van der Waals surface area contributed by atoms with Gasteiger partial charge in [0.2, 0.25) is 5.82 Å². The monoisotopic (exact) mass is 485 g/mol. The molecule has 3 aliphatic carbocycles. The Morgan fingerprint density at radius 1 is 1.08 bits per heavy atom. The SMILES string of the molecule is NC1=C(N2CC3CC(c4ncc(C5CCC(=O)CC5)cn4)C4C(C2)C34)C=C(c2ccccc2O)N[NH2+]1. The first-order chi connectivity index (χ1) is 17.6. The zero-order valence-corrected chi connectivity index (χ0v) is 20.3. The van der Waals surface area contributed by atoms with E-state index in [9.17, 15) is 9.90 Å². The second-order valence-corrected chi connectivity index (χ2v) is 11.2. The van der Waals surface area contributed by atoms with Crippen molar-refractivity contribution in [2.75, 3.05) is 13.1 Å². The molecule has 0 radical (unpaired) electrons. The van der Waals surface area contributed by atoms with Gasteiger partial charge in [0.15, 0.2) is 0 Å². The number of ketones is 1. The number of aromatic hydroxyl groups is 1. The van der Waals surface area contributed by atoms with Gasteiger partial charge in [0, 0.05) is 49.8 Å². The van der Waals surface area contributed by atoms with Crippen molar-refractivity contribution >= 4 is 11.5 Å². The van der Waals surface area contributed by atoms with E-state index in [1.54, 1.807) is 6.07 Å². The number of allylic oxidation sites excluding steroid dienone is 1. The first kappa shape index (κ1) is 21.9. The van der Waals surface area contributed by atoms with Crippen LogP contribution < -0.4 is 16.6 Å². The average Bonchev–Trinajstić information content (AvgIpc) is 3.49. The topological polar surface area (TPSA) is 121 Å². The summed E-state index contributed by atoms with van der Waals surface area (Å²) in [7, 11) is 0. The number of benzene rings is 1. The quantitative estimate of drug-likeness (QED) is 0.489. The van der Waals surface area contributed by atoms with Crippen molar-refractivity contribution < 1.29 is 15.3 Å². The molecule has 186 valence electrons. The molecule has 7 rings (SSSR count). The molecule has 0 amide bonds. The van der Waals surface area contributed by atoms with Crippen LogP contribution in [0.2, 0.25) is 0 Å². The number of carbonyl (C=O) groups is 1. The number of phenols is 1. The third-order valence-electron chi connectivity index (χ3n) is 9.28. The average molecular weight is 486 g/mol. The molecule has 5 unspecified atom stereocenters. The van der Waals surface area contributed by atoms with E-state index in [1.807, 2.05) is 36.0 Å². The highest BCUT2D eigenvalue weighted by Crippen LogP contribution is 2.68. The Hall–Kier alpha value is -3.39. The van der Waals surface area contributed by atoms with Gasteiger partial charge in [0.25, 0.3) is 0 Å². The first-order valence-electron chi connectivity index (χ1n) is 13.2. The van der Waals surface area contributed by atoms with E-state index in [1.165, 1.54) is 5.56 Å². The van der Waals surface area contributed by atoms with Crippen LogP contribution in [0.5, 0.6) is 5.75 Å². The van der Waals surface area contributed by atoms with Crippen LogP contribution in [0, 0.1) is 23.7 Å². The number of quaternary nitrogens is 1. The minimum Gasteiger partial charge on any atom is -0.507 e. The molecule has 0 spiro atoms. The van der Waals surface area contributed by atoms with Crippen molar-refractivity contribution in [1.29, 1.82) is 0 Å². The third-order valence-corrected chi connectivity index (χ3v) is 9.28. The zero-order chi connectivity index (χ0) is 24.4. The highest BCUT2D eigenvalue weighted by atomic mass is 16.3. The van der Waals surface area contributed by atoms with Gasteiger partial charge in [-0.2, -0.15) is 5.43 Å². The molecule has 1 saturated heterocycles. The maximum Gasteiger partial charge on any atom is 0.244 e. The Morgan fingerprint density at radius 3 is 2.61 bits per heavy atom. The smallest absolute Gasteiger partial charge is 0.244 e. The van der Waals surface area contributed by atoms with Gasteiger partial charge < -0.3 is 15.7 Å². The lowest BCUT2D eigenvalue weighted by Crippen LogP contribution is -2.93. The lowest BCUT2D eigenvalue weighted by atomic mass is 9.84. The van der Waals surface area contributed by atoms with E-state index in [4.69, 9.17) is 15.7 Å². The number of rotatable bonds is 4. The number of fused-ring (bicyclic) bond motifs is 1. The summed E-state index contributed by atoms with van der Waals surface area (Å²) in [6.07, 6.45) is 10.5. The van der Waals surface area contributed by atoms with Gasteiger partial charge in [-0.05, 0) is 72.6 Å². The molecule has 2 aromatic rings. The fourth-order valence-electron chi connectivity index (χ4n) is 7.47. The van der Waals surface area contributed by atoms with Crippen LogP contribution in [0.4, 0.5) is 0 Å². The summed E-state index contributed by atoms with van der Waals surface area (Å²) in [5.74, 6) is 6.00. The maximum atomic E-state index is 11.6. The molecule has 2 aliphatic heterocycles. The number of nitrogens with zero attached hydrogens (tertiary/aromatic N) is 3. The number of carbonyl (C=O) groups excluding carboxylic acids is 1. The lowest BCUT2D eigenvalue weighted by Gasteiger charge is -2.36. The fourth-order valence-corrected chi connectivity index (χ4v) is 7.47. The van der Waals surface area contributed by atoms with Gasteiger partial charge in [-0.25, -0.2) is 15.4 Å². The summed E-state index contributed by atoms with van der Waals surface area (Å²) in [5, 5.41) is 10.3. The van der Waals surface area contributed by atoms with Gasteiger partial charge in [0.1, 0.15) is 23.1 Å². The largest absolute Gasteiger partial charge is 0.507 e. The van der Waals surface area contributed by atoms with Crippen LogP contribution >= 0.6 is 0 Å². The molecular formula is C28H33N6O2+. The molecule has 6 N–H and O–H groups in total. The van der Waals surface area contributed by atoms with Crippen molar-refractivity contribution in [3.8, 4) is 5.75 Å². The molecule has 1 aromatic heterocycles. The first-order valence-corrected chi connectivity index (χ1v) is 13.2. The van der Waals surface area contributed by atoms with Crippen molar-refractivity contribution in [3.63, 3.8) is 0 Å². The lowest BCUT2D eigenvalue weighted by molar-refractivity contribution is -0.656. The number of nitrogens with two attached hydrogens (primary N) is 2. The molecule has 0 bridgehead atoms. The van der Waals surface area contributed by atoms with Crippen molar-refractivity contribution in [1.82, 2.24) is 20.3 Å². The molecule has 5 aliphatic rings. The summed E-state index contributed by atoms with van der Waals surface area (Å²) in [5.41, 5.74) is 15.4. The number of likely N-dealkylation sites (tertiary alicyclic amines) is 1. The van der Waals surface area contributed by atoms with Crippen molar-refractivity contribution in [2.24, 2.45) is 29.4 Å². The third kappa shape index (κ3) is 3.58. The van der Waals surface area contributed by atoms with Gasteiger partial charge in [0.05, 0.1) is 5.70 Å². The van der Waals surface area contributed by atoms with Gasteiger partial charge in [-0.3, -0.25) is 4.79 Å². The number of Topliss-reactive ketones (excluding diaryl/α,β-unsaturated/α-hetero) is 1. The predicted molar refractivity (Wildman–Crippen MR) is 133 cm³/mol. The highest BCUT2D eigenvalue weighted by molar-refractivity contribution is 5.79. The number of para-hydroxylation sites is 1. The van der Waals surface area contributed by atoms with Crippen LogP contribution in [-0.2, 0) is 4.79 Å². The van der Waals surface area contributed by atoms with Crippen molar-refractivity contribution in [3.05, 3.63) is 71.2 Å². The van der Waals surface area contributed by atoms with Crippen LogP contribution in [0.3, 0.4) is 0 Å². The molecule has 3 heterocycles. The Bertz CT molecular complexity index is 1260. The summed E-state index contributed by atoms with van der Waals surface area (Å²) in [6, 6.07) is 7.38. The summed E-state index contributed by atoms with van der Waals surface area (Å²) >= 11 is 0. The molecule has 1 aromatic carbocycles. The normalized spacial score (nSPS) is 31.7. The molecule has 3 saturated carbocycles. The Balaban J connectivity index is 1.05. The van der Waals surface area contributed by atoms with Crippen LogP contribution in [0.25, 0.3) is 5.70 Å². The second kappa shape index (κ2) is 8.34. The Morgan fingerprint density at radius 2 is 1.86 bits per heavy atom. The number of piperidine rings is 1. The number of phenolic OH excluding ortho intramolecular Hbond substituents is 1. The number of hydrogen-bond donors (Lipinski definition) is 4. The Labute approximate surface area is 210 Å². The van der Waals surface area contributed by atoms with Crippen molar-refractivity contribution in [2.45, 2.75) is 43.9 Å². The standard InChI is InChI=1S/C28H32N6O2/c29-27-23(10-22(32-33-27)19-3-1-2-4-24(19)36)34-13-16-9-20(26-21(14-34)25(16)26)28-30-11-17(12-31-28)15-5-7-18(35)8-6-15/h1-4,10-12,15-16,20-21,25-26,32-33,36H,5-9,13-14,29H2/p+1. The maximum absolute atomic E-state index is 11.6. The minimum absolute atomic E-state index is 0.260. The van der Waals surface area contributed by atoms with E-state index in [-0.39, 0.29) is 5.75 Å².